The summed E-state index contributed by atoms with van der Waals surface area (Å²) in [5.41, 5.74) is 1.01. The first-order valence-electron chi connectivity index (χ1n) is 7.14. The van der Waals surface area contributed by atoms with Crippen LogP contribution in [0.1, 0.15) is 24.3 Å². The molecule has 1 aliphatic rings. The van der Waals surface area contributed by atoms with Crippen LogP contribution in [0.2, 0.25) is 0 Å². The second kappa shape index (κ2) is 5.40. The van der Waals surface area contributed by atoms with Crippen LogP contribution >= 0.6 is 0 Å². The molecule has 0 unspecified atom stereocenters. The van der Waals surface area contributed by atoms with Crippen LogP contribution < -0.4 is 0 Å². The minimum atomic E-state index is -4.21. The lowest BCUT2D eigenvalue weighted by Crippen LogP contribution is -2.29. The van der Waals surface area contributed by atoms with E-state index in [1.54, 1.807) is 18.2 Å². The third kappa shape index (κ3) is 2.95. The van der Waals surface area contributed by atoms with Gasteiger partial charge in [-0.05, 0) is 55.9 Å². The molecular weight excluding hydrogens is 286 g/mol. The predicted molar refractivity (Wildman–Crippen MR) is 83.2 cm³/mol. The Morgan fingerprint density at radius 3 is 2.48 bits per heavy atom. The SMILES string of the molecule is CN1CCC(c2cc(S(=O)(=O)O)c3ccccc3c2)CC1. The summed E-state index contributed by atoms with van der Waals surface area (Å²) in [5.74, 6) is 0.353. The molecule has 4 nitrogen and oxygen atoms in total. The van der Waals surface area contributed by atoms with Gasteiger partial charge in [-0.25, -0.2) is 0 Å². The number of piperidine rings is 1. The Hall–Kier alpha value is -1.43. The summed E-state index contributed by atoms with van der Waals surface area (Å²) in [4.78, 5) is 2.30. The van der Waals surface area contributed by atoms with Crippen LogP contribution in [-0.2, 0) is 10.1 Å². The van der Waals surface area contributed by atoms with Crippen LogP contribution in [0.25, 0.3) is 10.8 Å². The van der Waals surface area contributed by atoms with E-state index in [2.05, 4.69) is 18.0 Å². The summed E-state index contributed by atoms with van der Waals surface area (Å²) in [6, 6.07) is 11.0. The Bertz CT molecular complexity index is 762. The molecule has 21 heavy (non-hydrogen) atoms. The van der Waals surface area contributed by atoms with Crippen molar-refractivity contribution < 1.29 is 13.0 Å². The molecule has 0 spiro atoms. The lowest BCUT2D eigenvalue weighted by atomic mass is 9.88. The van der Waals surface area contributed by atoms with Gasteiger partial charge in [-0.2, -0.15) is 8.42 Å². The molecule has 0 bridgehead atoms. The van der Waals surface area contributed by atoms with Gasteiger partial charge in [0.1, 0.15) is 4.90 Å². The number of benzene rings is 2. The third-order valence-electron chi connectivity index (χ3n) is 4.31. The van der Waals surface area contributed by atoms with Crippen molar-refractivity contribution in [2.75, 3.05) is 20.1 Å². The highest BCUT2D eigenvalue weighted by Gasteiger charge is 2.22. The smallest absolute Gasteiger partial charge is 0.295 e. The number of hydrogen-bond acceptors (Lipinski definition) is 3. The molecule has 1 N–H and O–H groups in total. The number of rotatable bonds is 2. The van der Waals surface area contributed by atoms with Crippen LogP contribution in [0.5, 0.6) is 0 Å². The highest BCUT2D eigenvalue weighted by atomic mass is 32.2. The van der Waals surface area contributed by atoms with E-state index in [1.165, 1.54) is 0 Å². The topological polar surface area (TPSA) is 57.6 Å². The summed E-state index contributed by atoms with van der Waals surface area (Å²) < 4.78 is 32.9. The second-order valence-corrected chi connectivity index (χ2v) is 7.18. The van der Waals surface area contributed by atoms with Crippen LogP contribution in [0.3, 0.4) is 0 Å². The first kappa shape index (κ1) is 14.5. The minimum Gasteiger partial charge on any atom is -0.306 e. The monoisotopic (exact) mass is 305 g/mol. The zero-order chi connectivity index (χ0) is 15.0. The Morgan fingerprint density at radius 2 is 1.81 bits per heavy atom. The summed E-state index contributed by atoms with van der Waals surface area (Å²) in [6.45, 7) is 2.03. The summed E-state index contributed by atoms with van der Waals surface area (Å²) in [7, 11) is -2.11. The van der Waals surface area contributed by atoms with E-state index in [0.29, 0.717) is 11.3 Å². The normalized spacial score (nSPS) is 18.2. The van der Waals surface area contributed by atoms with Crippen LogP contribution in [0, 0.1) is 0 Å². The Balaban J connectivity index is 2.12. The van der Waals surface area contributed by atoms with Crippen LogP contribution in [0.15, 0.2) is 41.3 Å². The van der Waals surface area contributed by atoms with Gasteiger partial charge in [-0.3, -0.25) is 4.55 Å². The molecule has 0 amide bonds. The largest absolute Gasteiger partial charge is 0.306 e. The maximum Gasteiger partial charge on any atom is 0.295 e. The molecule has 1 fully saturated rings. The molecular formula is C16H19NO3S. The molecule has 2 aromatic carbocycles. The second-order valence-electron chi connectivity index (χ2n) is 5.79. The maximum atomic E-state index is 11.7. The average molecular weight is 305 g/mol. The number of likely N-dealkylation sites (tertiary alicyclic amines) is 1. The van der Waals surface area contributed by atoms with Crippen molar-refractivity contribution in [1.29, 1.82) is 0 Å². The fourth-order valence-electron chi connectivity index (χ4n) is 3.09. The standard InChI is InChI=1S/C16H19NO3S/c1-17-8-6-12(7-9-17)14-10-13-4-2-3-5-15(13)16(11-14)21(18,19)20/h2-5,10-12H,6-9H2,1H3,(H,18,19,20). The van der Waals surface area contributed by atoms with Crippen molar-refractivity contribution in [2.45, 2.75) is 23.7 Å². The first-order valence-corrected chi connectivity index (χ1v) is 8.58. The van der Waals surface area contributed by atoms with E-state index in [9.17, 15) is 13.0 Å². The maximum absolute atomic E-state index is 11.7. The van der Waals surface area contributed by atoms with Crippen molar-refractivity contribution in [1.82, 2.24) is 4.90 Å². The molecule has 0 atom stereocenters. The van der Waals surface area contributed by atoms with E-state index in [4.69, 9.17) is 0 Å². The van der Waals surface area contributed by atoms with Crippen LogP contribution in [-0.4, -0.2) is 38.0 Å². The Labute approximate surface area is 125 Å². The van der Waals surface area contributed by atoms with E-state index >= 15 is 0 Å². The average Bonchev–Trinajstić information content (AvgIpc) is 2.46. The molecule has 5 heteroatoms. The number of fused-ring (bicyclic) bond motifs is 1. The summed E-state index contributed by atoms with van der Waals surface area (Å²) in [5, 5.41) is 1.44. The Kier molecular flexibility index (Phi) is 3.73. The van der Waals surface area contributed by atoms with Crippen molar-refractivity contribution in [3.05, 3.63) is 42.0 Å². The summed E-state index contributed by atoms with van der Waals surface area (Å²) in [6.07, 6.45) is 2.03. The van der Waals surface area contributed by atoms with Crippen molar-refractivity contribution in [3.63, 3.8) is 0 Å². The van der Waals surface area contributed by atoms with Gasteiger partial charge >= 0.3 is 0 Å². The summed E-state index contributed by atoms with van der Waals surface area (Å²) >= 11 is 0. The van der Waals surface area contributed by atoms with Gasteiger partial charge in [-0.15, -0.1) is 0 Å². The fraction of sp³-hybridized carbons (Fsp3) is 0.375. The fourth-order valence-corrected chi connectivity index (χ4v) is 3.84. The van der Waals surface area contributed by atoms with Gasteiger partial charge in [0, 0.05) is 5.39 Å². The zero-order valence-electron chi connectivity index (χ0n) is 12.0. The molecule has 0 aliphatic carbocycles. The number of nitrogens with zero attached hydrogens (tertiary/aromatic N) is 1. The van der Waals surface area contributed by atoms with Crippen molar-refractivity contribution in [3.8, 4) is 0 Å². The van der Waals surface area contributed by atoms with Gasteiger partial charge in [0.05, 0.1) is 0 Å². The molecule has 112 valence electrons. The molecule has 0 radical (unpaired) electrons. The highest BCUT2D eigenvalue weighted by molar-refractivity contribution is 7.86. The van der Waals surface area contributed by atoms with Gasteiger partial charge in [0.2, 0.25) is 0 Å². The molecule has 1 heterocycles. The predicted octanol–water partition coefficient (Wildman–Crippen LogP) is 2.90. The van der Waals surface area contributed by atoms with Gasteiger partial charge in [0.15, 0.2) is 0 Å². The highest BCUT2D eigenvalue weighted by Crippen LogP contribution is 2.33. The minimum absolute atomic E-state index is 0.0227. The van der Waals surface area contributed by atoms with E-state index in [-0.39, 0.29) is 4.90 Å². The first-order chi connectivity index (χ1) is 9.95. The zero-order valence-corrected chi connectivity index (χ0v) is 12.8. The molecule has 1 saturated heterocycles. The molecule has 0 aromatic heterocycles. The van der Waals surface area contributed by atoms with Crippen molar-refractivity contribution in [2.24, 2.45) is 0 Å². The van der Waals surface area contributed by atoms with Crippen LogP contribution in [0.4, 0.5) is 0 Å². The van der Waals surface area contributed by atoms with E-state index < -0.39 is 10.1 Å². The Morgan fingerprint density at radius 1 is 1.14 bits per heavy atom. The van der Waals surface area contributed by atoms with Gasteiger partial charge in [-0.1, -0.05) is 30.3 Å². The van der Waals surface area contributed by atoms with Crippen molar-refractivity contribution >= 4 is 20.9 Å². The lowest BCUT2D eigenvalue weighted by Gasteiger charge is -2.29. The van der Waals surface area contributed by atoms with E-state index in [0.717, 1.165) is 36.9 Å². The third-order valence-corrected chi connectivity index (χ3v) is 5.21. The quantitative estimate of drug-likeness (QED) is 0.867. The molecule has 3 rings (SSSR count). The lowest BCUT2D eigenvalue weighted by molar-refractivity contribution is 0.255. The molecule has 0 saturated carbocycles. The van der Waals surface area contributed by atoms with Gasteiger partial charge in [0.25, 0.3) is 10.1 Å². The van der Waals surface area contributed by atoms with Gasteiger partial charge < -0.3 is 4.90 Å². The van der Waals surface area contributed by atoms with E-state index in [1.807, 2.05) is 12.1 Å². The molecule has 1 aliphatic heterocycles. The number of hydrogen-bond donors (Lipinski definition) is 1. The molecule has 2 aromatic rings.